The minimum atomic E-state index is 0.246. The molecule has 0 aliphatic carbocycles. The number of methoxy groups -OCH3 is 1. The SMILES string of the molecule is CCC(C)(C)C(NC)c1ccc(OC)c(C)c1. The topological polar surface area (TPSA) is 21.3 Å². The van der Waals surface area contributed by atoms with Gasteiger partial charge < -0.3 is 10.1 Å². The van der Waals surface area contributed by atoms with E-state index in [9.17, 15) is 0 Å². The number of hydrogen-bond donors (Lipinski definition) is 1. The number of aryl methyl sites for hydroxylation is 1. The lowest BCUT2D eigenvalue weighted by molar-refractivity contribution is 0.245. The van der Waals surface area contributed by atoms with Gasteiger partial charge in [0.2, 0.25) is 0 Å². The summed E-state index contributed by atoms with van der Waals surface area (Å²) in [4.78, 5) is 0. The lowest BCUT2D eigenvalue weighted by atomic mass is 9.78. The van der Waals surface area contributed by atoms with Crippen molar-refractivity contribution in [3.63, 3.8) is 0 Å². The summed E-state index contributed by atoms with van der Waals surface area (Å²) < 4.78 is 5.30. The molecule has 96 valence electrons. The summed E-state index contributed by atoms with van der Waals surface area (Å²) in [6.45, 7) is 8.93. The summed E-state index contributed by atoms with van der Waals surface area (Å²) in [7, 11) is 3.75. The van der Waals surface area contributed by atoms with E-state index in [1.807, 2.05) is 7.05 Å². The largest absolute Gasteiger partial charge is 0.496 e. The minimum Gasteiger partial charge on any atom is -0.496 e. The van der Waals surface area contributed by atoms with Gasteiger partial charge in [-0.25, -0.2) is 0 Å². The molecule has 0 aliphatic rings. The van der Waals surface area contributed by atoms with Crippen molar-refractivity contribution in [2.45, 2.75) is 40.2 Å². The van der Waals surface area contributed by atoms with Crippen molar-refractivity contribution in [1.82, 2.24) is 5.32 Å². The molecule has 0 bridgehead atoms. The fourth-order valence-corrected chi connectivity index (χ4v) is 2.29. The monoisotopic (exact) mass is 235 g/mol. The van der Waals surface area contributed by atoms with Gasteiger partial charge in [0, 0.05) is 6.04 Å². The van der Waals surface area contributed by atoms with E-state index in [0.29, 0.717) is 6.04 Å². The van der Waals surface area contributed by atoms with E-state index < -0.39 is 0 Å². The van der Waals surface area contributed by atoms with Crippen molar-refractivity contribution in [3.05, 3.63) is 29.3 Å². The Kier molecular flexibility index (Phi) is 4.58. The van der Waals surface area contributed by atoms with Crippen molar-refractivity contribution in [2.24, 2.45) is 5.41 Å². The van der Waals surface area contributed by atoms with Crippen molar-refractivity contribution >= 4 is 0 Å². The fraction of sp³-hybridized carbons (Fsp3) is 0.600. The molecule has 17 heavy (non-hydrogen) atoms. The molecule has 0 aromatic heterocycles. The Morgan fingerprint density at radius 1 is 1.35 bits per heavy atom. The van der Waals surface area contributed by atoms with Gasteiger partial charge in [-0.05, 0) is 43.0 Å². The highest BCUT2D eigenvalue weighted by atomic mass is 16.5. The van der Waals surface area contributed by atoms with E-state index >= 15 is 0 Å². The van der Waals surface area contributed by atoms with Crippen LogP contribution in [-0.4, -0.2) is 14.2 Å². The van der Waals surface area contributed by atoms with E-state index in [1.54, 1.807) is 7.11 Å². The summed E-state index contributed by atoms with van der Waals surface area (Å²) in [5.74, 6) is 0.956. The summed E-state index contributed by atoms with van der Waals surface area (Å²) >= 11 is 0. The van der Waals surface area contributed by atoms with Crippen LogP contribution in [0.1, 0.15) is 44.4 Å². The van der Waals surface area contributed by atoms with Crippen LogP contribution in [0, 0.1) is 12.3 Å². The van der Waals surface area contributed by atoms with Crippen molar-refractivity contribution in [3.8, 4) is 5.75 Å². The Hall–Kier alpha value is -1.02. The molecule has 0 saturated carbocycles. The Morgan fingerprint density at radius 3 is 2.41 bits per heavy atom. The van der Waals surface area contributed by atoms with Crippen LogP contribution in [0.2, 0.25) is 0 Å². The molecule has 1 unspecified atom stereocenters. The van der Waals surface area contributed by atoms with Crippen LogP contribution in [0.3, 0.4) is 0 Å². The lowest BCUT2D eigenvalue weighted by Gasteiger charge is -2.34. The van der Waals surface area contributed by atoms with Crippen molar-refractivity contribution in [1.29, 1.82) is 0 Å². The van der Waals surface area contributed by atoms with Crippen LogP contribution >= 0.6 is 0 Å². The first-order valence-electron chi connectivity index (χ1n) is 6.28. The molecule has 0 heterocycles. The molecule has 1 aromatic carbocycles. The average molecular weight is 235 g/mol. The highest BCUT2D eigenvalue weighted by Crippen LogP contribution is 2.37. The van der Waals surface area contributed by atoms with Gasteiger partial charge in [0.1, 0.15) is 5.75 Å². The van der Waals surface area contributed by atoms with Gasteiger partial charge in [-0.3, -0.25) is 0 Å². The second-order valence-corrected chi connectivity index (χ2v) is 5.29. The predicted molar refractivity (Wildman–Crippen MR) is 73.6 cm³/mol. The van der Waals surface area contributed by atoms with Crippen LogP contribution in [0.4, 0.5) is 0 Å². The Labute approximate surface area is 105 Å². The summed E-state index contributed by atoms with van der Waals surface area (Å²) in [5.41, 5.74) is 2.77. The third-order valence-electron chi connectivity index (χ3n) is 3.73. The zero-order chi connectivity index (χ0) is 13.1. The number of nitrogens with one attached hydrogen (secondary N) is 1. The third kappa shape index (κ3) is 3.01. The molecular weight excluding hydrogens is 210 g/mol. The Bertz CT molecular complexity index is 371. The molecule has 0 radical (unpaired) electrons. The molecule has 0 spiro atoms. The first-order valence-corrected chi connectivity index (χ1v) is 6.28. The molecule has 0 amide bonds. The van der Waals surface area contributed by atoms with Crippen LogP contribution < -0.4 is 10.1 Å². The molecule has 0 fully saturated rings. The molecular formula is C15H25NO. The molecule has 1 aromatic rings. The van der Waals surface area contributed by atoms with Crippen LogP contribution in [0.5, 0.6) is 5.75 Å². The van der Waals surface area contributed by atoms with Crippen LogP contribution in [0.15, 0.2) is 18.2 Å². The average Bonchev–Trinajstić information content (AvgIpc) is 2.30. The lowest BCUT2D eigenvalue weighted by Crippen LogP contribution is -2.31. The van der Waals surface area contributed by atoms with E-state index in [4.69, 9.17) is 4.74 Å². The standard InChI is InChI=1S/C15H25NO/c1-7-15(3,4)14(16-5)12-8-9-13(17-6)11(2)10-12/h8-10,14,16H,7H2,1-6H3. The molecule has 0 saturated heterocycles. The summed E-state index contributed by atoms with van der Waals surface area (Å²) in [6, 6.07) is 6.81. The zero-order valence-corrected chi connectivity index (χ0v) is 11.9. The number of rotatable bonds is 5. The number of ether oxygens (including phenoxy) is 1. The van der Waals surface area contributed by atoms with Gasteiger partial charge in [-0.1, -0.05) is 32.9 Å². The van der Waals surface area contributed by atoms with Crippen LogP contribution in [0.25, 0.3) is 0 Å². The summed E-state index contributed by atoms with van der Waals surface area (Å²) in [5, 5.41) is 3.43. The second-order valence-electron chi connectivity index (χ2n) is 5.29. The molecule has 1 atom stereocenters. The Balaban J connectivity index is 3.09. The second kappa shape index (κ2) is 5.54. The van der Waals surface area contributed by atoms with Gasteiger partial charge in [0.15, 0.2) is 0 Å². The number of hydrogen-bond acceptors (Lipinski definition) is 2. The maximum Gasteiger partial charge on any atom is 0.121 e. The van der Waals surface area contributed by atoms with Crippen molar-refractivity contribution < 1.29 is 4.74 Å². The van der Waals surface area contributed by atoms with Gasteiger partial charge in [-0.15, -0.1) is 0 Å². The normalized spacial score (nSPS) is 13.5. The first kappa shape index (κ1) is 14.0. The number of benzene rings is 1. The molecule has 2 heteroatoms. The first-order chi connectivity index (χ1) is 7.96. The van der Waals surface area contributed by atoms with Gasteiger partial charge >= 0.3 is 0 Å². The van der Waals surface area contributed by atoms with Crippen molar-refractivity contribution in [2.75, 3.05) is 14.2 Å². The van der Waals surface area contributed by atoms with E-state index in [1.165, 1.54) is 11.1 Å². The van der Waals surface area contributed by atoms with Gasteiger partial charge in [0.05, 0.1) is 7.11 Å². The Morgan fingerprint density at radius 2 is 2.00 bits per heavy atom. The van der Waals surface area contributed by atoms with Crippen LogP contribution in [-0.2, 0) is 0 Å². The highest BCUT2D eigenvalue weighted by Gasteiger charge is 2.27. The summed E-state index contributed by atoms with van der Waals surface area (Å²) in [6.07, 6.45) is 1.14. The van der Waals surface area contributed by atoms with Gasteiger partial charge in [0.25, 0.3) is 0 Å². The predicted octanol–water partition coefficient (Wildman–Crippen LogP) is 3.70. The quantitative estimate of drug-likeness (QED) is 0.840. The fourth-order valence-electron chi connectivity index (χ4n) is 2.29. The van der Waals surface area contributed by atoms with E-state index in [-0.39, 0.29) is 5.41 Å². The van der Waals surface area contributed by atoms with E-state index in [2.05, 4.69) is 51.2 Å². The third-order valence-corrected chi connectivity index (χ3v) is 3.73. The van der Waals surface area contributed by atoms with E-state index in [0.717, 1.165) is 12.2 Å². The molecule has 1 N–H and O–H groups in total. The van der Waals surface area contributed by atoms with Gasteiger partial charge in [-0.2, -0.15) is 0 Å². The smallest absolute Gasteiger partial charge is 0.121 e. The maximum absolute atomic E-state index is 5.30. The minimum absolute atomic E-state index is 0.246. The molecule has 2 nitrogen and oxygen atoms in total. The molecule has 0 aliphatic heterocycles. The highest BCUT2D eigenvalue weighted by molar-refractivity contribution is 5.37. The maximum atomic E-state index is 5.30. The zero-order valence-electron chi connectivity index (χ0n) is 11.9. The molecule has 1 rings (SSSR count).